The van der Waals surface area contributed by atoms with Crippen molar-refractivity contribution in [2.24, 2.45) is 0 Å². The lowest BCUT2D eigenvalue weighted by Crippen LogP contribution is -2.45. The zero-order valence-corrected chi connectivity index (χ0v) is 18.5. The molecule has 3 aliphatic rings. The topological polar surface area (TPSA) is 78.4 Å². The lowest BCUT2D eigenvalue weighted by Gasteiger charge is -2.32. The Morgan fingerprint density at radius 1 is 0.909 bits per heavy atom. The van der Waals surface area contributed by atoms with Crippen LogP contribution in [0.4, 0.5) is 11.6 Å². The Labute approximate surface area is 192 Å². The highest BCUT2D eigenvalue weighted by atomic mass is 16.2. The Morgan fingerprint density at radius 3 is 2.52 bits per heavy atom. The molecular weight excluding hydrogens is 414 g/mol. The third-order valence-electron chi connectivity index (χ3n) is 6.97. The van der Waals surface area contributed by atoms with Gasteiger partial charge in [-0.15, -0.1) is 0 Å². The number of hydrogen-bond donors (Lipinski definition) is 1. The third-order valence-corrected chi connectivity index (χ3v) is 6.97. The number of carbonyl (C=O) groups is 2. The quantitative estimate of drug-likeness (QED) is 0.629. The smallest absolute Gasteiger partial charge is 0.226 e. The van der Waals surface area contributed by atoms with Crippen LogP contribution in [0.1, 0.15) is 23.6 Å². The van der Waals surface area contributed by atoms with E-state index in [1.54, 1.807) is 0 Å². The van der Waals surface area contributed by atoms with Crippen molar-refractivity contribution in [2.45, 2.75) is 12.3 Å². The zero-order chi connectivity index (χ0) is 22.5. The first-order valence-electron chi connectivity index (χ1n) is 11.4. The van der Waals surface area contributed by atoms with Gasteiger partial charge in [0.25, 0.3) is 0 Å². The Bertz CT molecular complexity index is 1320. The van der Waals surface area contributed by atoms with Gasteiger partial charge in [-0.3, -0.25) is 9.59 Å². The highest BCUT2D eigenvalue weighted by molar-refractivity contribution is 6.39. The van der Waals surface area contributed by atoms with Crippen molar-refractivity contribution in [3.05, 3.63) is 65.4 Å². The molecular formula is C26H25N5O2. The van der Waals surface area contributed by atoms with Crippen LogP contribution >= 0.6 is 0 Å². The Kier molecular flexibility index (Phi) is 4.73. The number of piperazine rings is 1. The molecule has 2 aromatic carbocycles. The number of nitrogens with zero attached hydrogens (tertiary/aromatic N) is 4. The number of nitrogens with one attached hydrogen (secondary N) is 1. The molecule has 0 saturated carbocycles. The molecule has 1 aromatic heterocycles. The molecule has 1 unspecified atom stereocenters. The molecule has 2 aliphatic heterocycles. The standard InChI is InChI=1S/C26H25N5O2/c1-30-10-12-31(13-11-30)26-28-20-9-5-3-7-17(20)25(29-26)24-22(33)14-21(32)23(24)18-15-27-19-8-4-2-6-16(18)19/h2-9,18,27H,10-15H2,1H3. The Hall–Kier alpha value is -3.58. The second kappa shape index (κ2) is 7.78. The van der Waals surface area contributed by atoms with Crippen molar-refractivity contribution >= 4 is 39.7 Å². The number of para-hydroxylation sites is 2. The van der Waals surface area contributed by atoms with E-state index in [0.29, 0.717) is 29.3 Å². The maximum Gasteiger partial charge on any atom is 0.226 e. The molecule has 6 rings (SSSR count). The normalized spacial score (nSPS) is 21.1. The van der Waals surface area contributed by atoms with Crippen LogP contribution in [0.15, 0.2) is 54.1 Å². The van der Waals surface area contributed by atoms with Crippen molar-refractivity contribution in [1.82, 2.24) is 14.9 Å². The summed E-state index contributed by atoms with van der Waals surface area (Å²) in [4.78, 5) is 40.6. The van der Waals surface area contributed by atoms with Crippen LogP contribution in [0, 0.1) is 0 Å². The first kappa shape index (κ1) is 20.1. The van der Waals surface area contributed by atoms with Gasteiger partial charge in [0.05, 0.1) is 23.2 Å². The summed E-state index contributed by atoms with van der Waals surface area (Å²) < 4.78 is 0. The second-order valence-electron chi connectivity index (χ2n) is 9.01. The number of hydrogen-bond acceptors (Lipinski definition) is 7. The molecule has 7 nitrogen and oxygen atoms in total. The van der Waals surface area contributed by atoms with Crippen LogP contribution in [-0.2, 0) is 9.59 Å². The molecule has 33 heavy (non-hydrogen) atoms. The van der Waals surface area contributed by atoms with Gasteiger partial charge in [-0.1, -0.05) is 36.4 Å². The molecule has 3 aromatic rings. The van der Waals surface area contributed by atoms with Crippen molar-refractivity contribution < 1.29 is 9.59 Å². The second-order valence-corrected chi connectivity index (χ2v) is 9.01. The zero-order valence-electron chi connectivity index (χ0n) is 18.5. The fourth-order valence-corrected chi connectivity index (χ4v) is 5.19. The van der Waals surface area contributed by atoms with Crippen LogP contribution in [0.3, 0.4) is 0 Å². The van der Waals surface area contributed by atoms with Gasteiger partial charge >= 0.3 is 0 Å². The largest absolute Gasteiger partial charge is 0.384 e. The van der Waals surface area contributed by atoms with E-state index in [9.17, 15) is 9.59 Å². The number of likely N-dealkylation sites (N-methyl/N-ethyl adjacent to an activating group) is 1. The van der Waals surface area contributed by atoms with E-state index in [4.69, 9.17) is 9.97 Å². The Balaban J connectivity index is 1.55. The van der Waals surface area contributed by atoms with Gasteiger partial charge in [0.15, 0.2) is 11.6 Å². The van der Waals surface area contributed by atoms with Gasteiger partial charge in [0.2, 0.25) is 5.95 Å². The molecule has 0 amide bonds. The van der Waals surface area contributed by atoms with Crippen LogP contribution in [0.5, 0.6) is 0 Å². The summed E-state index contributed by atoms with van der Waals surface area (Å²) in [5.41, 5.74) is 4.52. The number of Topliss-reactive ketones (excluding diaryl/α,β-unsaturated/α-hetero) is 2. The van der Waals surface area contributed by atoms with E-state index in [0.717, 1.165) is 48.3 Å². The van der Waals surface area contributed by atoms with Crippen LogP contribution in [0.2, 0.25) is 0 Å². The van der Waals surface area contributed by atoms with E-state index in [2.05, 4.69) is 22.2 Å². The maximum absolute atomic E-state index is 13.3. The Morgan fingerprint density at radius 2 is 1.67 bits per heavy atom. The summed E-state index contributed by atoms with van der Waals surface area (Å²) in [5.74, 6) is 0.228. The van der Waals surface area contributed by atoms with Gasteiger partial charge in [-0.2, -0.15) is 0 Å². The fourth-order valence-electron chi connectivity index (χ4n) is 5.19. The van der Waals surface area contributed by atoms with Gasteiger partial charge in [0.1, 0.15) is 0 Å². The van der Waals surface area contributed by atoms with Gasteiger partial charge < -0.3 is 15.1 Å². The molecule has 0 spiro atoms. The summed E-state index contributed by atoms with van der Waals surface area (Å²) in [6.45, 7) is 4.12. The van der Waals surface area contributed by atoms with Gasteiger partial charge in [-0.05, 0) is 24.7 Å². The van der Waals surface area contributed by atoms with E-state index in [1.165, 1.54) is 0 Å². The molecule has 1 saturated heterocycles. The highest BCUT2D eigenvalue weighted by Gasteiger charge is 2.40. The summed E-state index contributed by atoms with van der Waals surface area (Å²) >= 11 is 0. The van der Waals surface area contributed by atoms with E-state index >= 15 is 0 Å². The minimum Gasteiger partial charge on any atom is -0.384 e. The highest BCUT2D eigenvalue weighted by Crippen LogP contribution is 2.44. The predicted octanol–water partition coefficient (Wildman–Crippen LogP) is 2.89. The molecule has 7 heteroatoms. The number of rotatable bonds is 3. The first-order chi connectivity index (χ1) is 16.1. The average Bonchev–Trinajstić information content (AvgIpc) is 3.38. The van der Waals surface area contributed by atoms with E-state index < -0.39 is 0 Å². The van der Waals surface area contributed by atoms with Crippen molar-refractivity contribution in [3.63, 3.8) is 0 Å². The van der Waals surface area contributed by atoms with E-state index in [-0.39, 0.29) is 23.9 Å². The molecule has 166 valence electrons. The minimum atomic E-state index is -0.157. The minimum absolute atomic E-state index is 0.0918. The maximum atomic E-state index is 13.3. The van der Waals surface area contributed by atoms with Gasteiger partial charge in [-0.25, -0.2) is 9.97 Å². The van der Waals surface area contributed by atoms with E-state index in [1.807, 2.05) is 48.5 Å². The number of benzene rings is 2. The molecule has 1 fully saturated rings. The molecule has 1 aliphatic carbocycles. The van der Waals surface area contributed by atoms with Crippen molar-refractivity contribution in [2.75, 3.05) is 50.0 Å². The number of fused-ring (bicyclic) bond motifs is 2. The summed E-state index contributed by atoms with van der Waals surface area (Å²) in [7, 11) is 2.11. The number of allylic oxidation sites excluding steroid dienone is 1. The molecule has 0 bridgehead atoms. The SMILES string of the molecule is CN1CCN(c2nc(C3=C(C4CNc5ccccc54)C(=O)CC3=O)c3ccccc3n2)CC1. The molecule has 1 atom stereocenters. The average molecular weight is 440 g/mol. The fraction of sp³-hybridized carbons (Fsp3) is 0.308. The summed E-state index contributed by atoms with van der Waals surface area (Å²) in [5, 5.41) is 4.21. The van der Waals surface area contributed by atoms with Gasteiger partial charge in [0, 0.05) is 55.3 Å². The van der Waals surface area contributed by atoms with Crippen LogP contribution < -0.4 is 10.2 Å². The number of anilines is 2. The molecule has 0 radical (unpaired) electrons. The first-order valence-corrected chi connectivity index (χ1v) is 11.4. The number of aromatic nitrogens is 2. The summed E-state index contributed by atoms with van der Waals surface area (Å²) in [6, 6.07) is 15.8. The molecule has 1 N–H and O–H groups in total. The number of carbonyl (C=O) groups excluding carboxylic acids is 2. The summed E-state index contributed by atoms with van der Waals surface area (Å²) in [6.07, 6.45) is -0.0918. The lowest BCUT2D eigenvalue weighted by atomic mass is 9.88. The monoisotopic (exact) mass is 439 g/mol. The third kappa shape index (κ3) is 3.31. The predicted molar refractivity (Wildman–Crippen MR) is 128 cm³/mol. The van der Waals surface area contributed by atoms with Crippen LogP contribution in [0.25, 0.3) is 16.5 Å². The van der Waals surface area contributed by atoms with Crippen LogP contribution in [-0.4, -0.2) is 66.2 Å². The van der Waals surface area contributed by atoms with Crippen molar-refractivity contribution in [1.29, 1.82) is 0 Å². The molecule has 3 heterocycles. The van der Waals surface area contributed by atoms with Crippen molar-refractivity contribution in [3.8, 4) is 0 Å². The number of ketones is 2. The lowest BCUT2D eigenvalue weighted by molar-refractivity contribution is -0.120.